The summed E-state index contributed by atoms with van der Waals surface area (Å²) >= 11 is 7.72. The molecule has 3 aromatic carbocycles. The predicted octanol–water partition coefficient (Wildman–Crippen LogP) is 4.65. The van der Waals surface area contributed by atoms with E-state index in [2.05, 4.69) is 35.0 Å². The van der Waals surface area contributed by atoms with E-state index in [0.717, 1.165) is 32.1 Å². The van der Waals surface area contributed by atoms with Crippen molar-refractivity contribution in [1.29, 1.82) is 0 Å². The summed E-state index contributed by atoms with van der Waals surface area (Å²) in [5.74, 6) is 0. The number of para-hydroxylation sites is 1. The molecule has 6 heteroatoms. The van der Waals surface area contributed by atoms with Crippen molar-refractivity contribution in [3.05, 3.63) is 83.5 Å². The van der Waals surface area contributed by atoms with Gasteiger partial charge in [-0.3, -0.25) is 0 Å². The van der Waals surface area contributed by atoms with Gasteiger partial charge in [-0.1, -0.05) is 47.6 Å². The molecule has 0 fully saturated rings. The average molecular weight is 392 g/mol. The highest BCUT2D eigenvalue weighted by Gasteiger charge is 2.27. The third-order valence-corrected chi connectivity index (χ3v) is 6.09. The SMILES string of the molecule is OB1OCc2ccc(-n3cc(Sc4ccc(Cl)cc4)c4ccccc43)cc21. The Morgan fingerprint density at radius 3 is 2.70 bits per heavy atom. The van der Waals surface area contributed by atoms with Crippen LogP contribution in [0.5, 0.6) is 0 Å². The zero-order chi connectivity index (χ0) is 18.4. The summed E-state index contributed by atoms with van der Waals surface area (Å²) in [6, 6.07) is 22.3. The lowest BCUT2D eigenvalue weighted by atomic mass is 9.79. The fourth-order valence-corrected chi connectivity index (χ4v) is 4.52. The van der Waals surface area contributed by atoms with E-state index in [1.54, 1.807) is 11.8 Å². The van der Waals surface area contributed by atoms with Gasteiger partial charge in [0.15, 0.2) is 0 Å². The first-order valence-electron chi connectivity index (χ1n) is 8.65. The Bertz CT molecular complexity index is 1140. The lowest BCUT2D eigenvalue weighted by Gasteiger charge is -2.07. The van der Waals surface area contributed by atoms with E-state index < -0.39 is 7.12 Å². The molecule has 4 aromatic rings. The maximum atomic E-state index is 10.0. The molecular formula is C21H15BClNO2S. The highest BCUT2D eigenvalue weighted by atomic mass is 35.5. The Morgan fingerprint density at radius 1 is 1.04 bits per heavy atom. The standard InChI is InChI=1S/C21H15BClNO2S/c23-15-6-9-17(10-7-15)27-21-12-24(20-4-2-1-3-18(20)21)16-8-5-14-13-26-22(25)19(14)11-16/h1-12,25H,13H2. The first kappa shape index (κ1) is 17.0. The molecule has 27 heavy (non-hydrogen) atoms. The van der Waals surface area contributed by atoms with Gasteiger partial charge in [-0.05, 0) is 53.5 Å². The van der Waals surface area contributed by atoms with Gasteiger partial charge in [0, 0.05) is 32.1 Å². The minimum atomic E-state index is -0.843. The largest absolute Gasteiger partial charge is 0.491 e. The summed E-state index contributed by atoms with van der Waals surface area (Å²) in [6.07, 6.45) is 2.15. The van der Waals surface area contributed by atoms with Gasteiger partial charge in [-0.25, -0.2) is 0 Å². The summed E-state index contributed by atoms with van der Waals surface area (Å²) in [5, 5.41) is 12.0. The van der Waals surface area contributed by atoms with Crippen LogP contribution in [0.25, 0.3) is 16.6 Å². The number of halogens is 1. The predicted molar refractivity (Wildman–Crippen MR) is 111 cm³/mol. The second-order valence-corrected chi connectivity index (χ2v) is 8.03. The molecule has 2 heterocycles. The number of nitrogens with zero attached hydrogens (tertiary/aromatic N) is 1. The van der Waals surface area contributed by atoms with E-state index in [4.69, 9.17) is 16.3 Å². The highest BCUT2D eigenvalue weighted by Crippen LogP contribution is 2.36. The second kappa shape index (κ2) is 6.77. The lowest BCUT2D eigenvalue weighted by Crippen LogP contribution is -2.28. The van der Waals surface area contributed by atoms with Crippen LogP contribution in [-0.2, 0) is 11.3 Å². The van der Waals surface area contributed by atoms with Crippen LogP contribution in [0.4, 0.5) is 0 Å². The smallest absolute Gasteiger partial charge is 0.423 e. The van der Waals surface area contributed by atoms with E-state index >= 15 is 0 Å². The van der Waals surface area contributed by atoms with Crippen LogP contribution in [0.15, 0.2) is 82.7 Å². The lowest BCUT2D eigenvalue weighted by molar-refractivity contribution is 0.275. The minimum absolute atomic E-state index is 0.459. The molecule has 0 atom stereocenters. The molecule has 0 saturated heterocycles. The molecular weight excluding hydrogens is 377 g/mol. The van der Waals surface area contributed by atoms with Gasteiger partial charge in [0.1, 0.15) is 0 Å². The van der Waals surface area contributed by atoms with Gasteiger partial charge in [-0.15, -0.1) is 0 Å². The van der Waals surface area contributed by atoms with Gasteiger partial charge < -0.3 is 14.2 Å². The molecule has 0 radical (unpaired) electrons. The number of fused-ring (bicyclic) bond motifs is 2. The fourth-order valence-electron chi connectivity index (χ4n) is 3.42. The van der Waals surface area contributed by atoms with Crippen LogP contribution in [0.3, 0.4) is 0 Å². The summed E-state index contributed by atoms with van der Waals surface area (Å²) in [4.78, 5) is 2.31. The van der Waals surface area contributed by atoms with E-state index in [0.29, 0.717) is 6.61 Å². The Labute approximate surface area is 166 Å². The third-order valence-electron chi connectivity index (χ3n) is 4.79. The molecule has 0 aliphatic carbocycles. The molecule has 3 nitrogen and oxygen atoms in total. The van der Waals surface area contributed by atoms with E-state index in [1.807, 2.05) is 42.5 Å². The van der Waals surface area contributed by atoms with Crippen molar-refractivity contribution in [1.82, 2.24) is 4.57 Å². The van der Waals surface area contributed by atoms with Crippen LogP contribution in [0.1, 0.15) is 5.56 Å². The van der Waals surface area contributed by atoms with Crippen molar-refractivity contribution < 1.29 is 9.68 Å². The zero-order valence-electron chi connectivity index (χ0n) is 14.3. The molecule has 5 rings (SSSR count). The second-order valence-electron chi connectivity index (χ2n) is 6.48. The van der Waals surface area contributed by atoms with Crippen LogP contribution in [-0.4, -0.2) is 16.7 Å². The van der Waals surface area contributed by atoms with Crippen LogP contribution < -0.4 is 5.46 Å². The molecule has 0 unspecified atom stereocenters. The zero-order valence-corrected chi connectivity index (χ0v) is 15.9. The van der Waals surface area contributed by atoms with Crippen molar-refractivity contribution >= 4 is 46.8 Å². The maximum Gasteiger partial charge on any atom is 0.491 e. The Morgan fingerprint density at radius 2 is 1.85 bits per heavy atom. The van der Waals surface area contributed by atoms with Crippen molar-refractivity contribution in [2.45, 2.75) is 16.4 Å². The third kappa shape index (κ3) is 3.07. The topological polar surface area (TPSA) is 34.4 Å². The number of aromatic nitrogens is 1. The van der Waals surface area contributed by atoms with E-state index in [9.17, 15) is 5.02 Å². The fraction of sp³-hybridized carbons (Fsp3) is 0.0476. The van der Waals surface area contributed by atoms with E-state index in [-0.39, 0.29) is 0 Å². The van der Waals surface area contributed by atoms with Gasteiger partial charge in [0.05, 0.1) is 12.1 Å². The van der Waals surface area contributed by atoms with E-state index in [1.165, 1.54) is 10.3 Å². The Hall–Kier alpha value is -2.18. The highest BCUT2D eigenvalue weighted by molar-refractivity contribution is 7.99. The molecule has 1 aliphatic rings. The molecule has 1 aromatic heterocycles. The monoisotopic (exact) mass is 391 g/mol. The number of rotatable bonds is 3. The van der Waals surface area contributed by atoms with Crippen LogP contribution >= 0.6 is 23.4 Å². The summed E-state index contributed by atoms with van der Waals surface area (Å²) in [7, 11) is -0.843. The number of hydrogen-bond acceptors (Lipinski definition) is 3. The van der Waals surface area contributed by atoms with Crippen molar-refractivity contribution in [3.63, 3.8) is 0 Å². The minimum Gasteiger partial charge on any atom is -0.423 e. The average Bonchev–Trinajstić information content (AvgIpc) is 3.25. The number of benzene rings is 3. The van der Waals surface area contributed by atoms with Crippen molar-refractivity contribution in [2.75, 3.05) is 0 Å². The molecule has 132 valence electrons. The molecule has 1 N–H and O–H groups in total. The summed E-state index contributed by atoms with van der Waals surface area (Å²) in [5.41, 5.74) is 4.02. The van der Waals surface area contributed by atoms with Gasteiger partial charge in [0.2, 0.25) is 0 Å². The first-order valence-corrected chi connectivity index (χ1v) is 9.85. The van der Waals surface area contributed by atoms with Gasteiger partial charge >= 0.3 is 7.12 Å². The first-order chi connectivity index (χ1) is 13.2. The quantitative estimate of drug-likeness (QED) is 0.516. The normalized spacial score (nSPS) is 13.3. The molecule has 1 aliphatic heterocycles. The molecule has 0 saturated carbocycles. The van der Waals surface area contributed by atoms with Gasteiger partial charge in [-0.2, -0.15) is 0 Å². The van der Waals surface area contributed by atoms with Gasteiger partial charge in [0.25, 0.3) is 0 Å². The number of hydrogen-bond donors (Lipinski definition) is 1. The molecule has 0 bridgehead atoms. The van der Waals surface area contributed by atoms with Crippen LogP contribution in [0, 0.1) is 0 Å². The summed E-state index contributed by atoms with van der Waals surface area (Å²) in [6.45, 7) is 0.459. The summed E-state index contributed by atoms with van der Waals surface area (Å²) < 4.78 is 7.49. The van der Waals surface area contributed by atoms with Crippen molar-refractivity contribution in [3.8, 4) is 5.69 Å². The Balaban J connectivity index is 1.61. The molecule has 0 spiro atoms. The van der Waals surface area contributed by atoms with Crippen LogP contribution in [0.2, 0.25) is 5.02 Å². The Kier molecular flexibility index (Phi) is 4.25. The molecule has 0 amide bonds. The van der Waals surface area contributed by atoms with Crippen molar-refractivity contribution in [2.24, 2.45) is 0 Å². The maximum absolute atomic E-state index is 10.0.